The van der Waals surface area contributed by atoms with Crippen molar-refractivity contribution < 1.29 is 14.6 Å². The van der Waals surface area contributed by atoms with Gasteiger partial charge in [-0.3, -0.25) is 10.1 Å². The molecule has 0 bridgehead atoms. The molecule has 4 heteroatoms. The molecule has 1 aliphatic rings. The van der Waals surface area contributed by atoms with Crippen LogP contribution >= 0.6 is 0 Å². The van der Waals surface area contributed by atoms with E-state index in [0.717, 1.165) is 12.8 Å². The third kappa shape index (κ3) is 2.84. The smallest absolute Gasteiger partial charge is 0.323 e. The Morgan fingerprint density at radius 1 is 1.47 bits per heavy atom. The molecule has 1 aliphatic carbocycles. The lowest BCUT2D eigenvalue weighted by Crippen LogP contribution is -2.46. The first-order valence-corrected chi connectivity index (χ1v) is 5.75. The number of aliphatic carboxylic acids is 1. The number of ether oxygens (including phenoxy) is 1. The minimum Gasteiger partial charge on any atom is -0.480 e. The van der Waals surface area contributed by atoms with Gasteiger partial charge in [0.25, 0.3) is 0 Å². The summed E-state index contributed by atoms with van der Waals surface area (Å²) in [7, 11) is 1.51. The fourth-order valence-electron chi connectivity index (χ4n) is 2.32. The highest BCUT2D eigenvalue weighted by molar-refractivity contribution is 5.73. The Bertz CT molecular complexity index is 380. The summed E-state index contributed by atoms with van der Waals surface area (Å²) in [5.41, 5.74) is 2.62. The highest BCUT2D eigenvalue weighted by Crippen LogP contribution is 2.21. The van der Waals surface area contributed by atoms with E-state index in [1.807, 2.05) is 12.1 Å². The Morgan fingerprint density at radius 3 is 2.53 bits per heavy atom. The van der Waals surface area contributed by atoms with E-state index in [1.165, 1.54) is 18.2 Å². The van der Waals surface area contributed by atoms with E-state index in [4.69, 9.17) is 9.84 Å². The van der Waals surface area contributed by atoms with Gasteiger partial charge < -0.3 is 9.84 Å². The largest absolute Gasteiger partial charge is 0.480 e. The number of nitrogens with one attached hydrogen (secondary N) is 1. The van der Waals surface area contributed by atoms with Crippen LogP contribution in [0, 0.1) is 0 Å². The zero-order chi connectivity index (χ0) is 12.3. The molecule has 1 aromatic rings. The Morgan fingerprint density at radius 2 is 2.06 bits per heavy atom. The molecule has 1 atom stereocenters. The molecule has 0 saturated heterocycles. The maximum atomic E-state index is 11.0. The van der Waals surface area contributed by atoms with Gasteiger partial charge in [-0.15, -0.1) is 0 Å². The zero-order valence-electron chi connectivity index (χ0n) is 9.85. The summed E-state index contributed by atoms with van der Waals surface area (Å²) < 4.78 is 4.91. The molecule has 0 fully saturated rings. The van der Waals surface area contributed by atoms with Crippen molar-refractivity contribution in [3.8, 4) is 0 Å². The van der Waals surface area contributed by atoms with Crippen molar-refractivity contribution in [2.24, 2.45) is 0 Å². The lowest BCUT2D eigenvalue weighted by molar-refractivity contribution is -0.141. The number of fused-ring (bicyclic) bond motifs is 1. The average Bonchev–Trinajstić information content (AvgIpc) is 2.70. The molecule has 0 amide bonds. The molecule has 1 aromatic carbocycles. The molecule has 1 unspecified atom stereocenters. The number of hydrogen-bond donors (Lipinski definition) is 2. The lowest BCUT2D eigenvalue weighted by Gasteiger charge is -2.18. The summed E-state index contributed by atoms with van der Waals surface area (Å²) in [5.74, 6) is -0.859. The molecule has 2 rings (SSSR count). The van der Waals surface area contributed by atoms with Crippen LogP contribution in [0.15, 0.2) is 24.3 Å². The molecular formula is C13H17NO3. The third-order valence-corrected chi connectivity index (χ3v) is 3.12. The van der Waals surface area contributed by atoms with Crippen LogP contribution in [-0.2, 0) is 22.4 Å². The SMILES string of the molecule is COCC(NC1Cc2ccccc2C1)C(=O)O. The predicted octanol–water partition coefficient (Wildman–Crippen LogP) is 0.843. The van der Waals surface area contributed by atoms with E-state index in [1.54, 1.807) is 0 Å². The van der Waals surface area contributed by atoms with Gasteiger partial charge in [-0.2, -0.15) is 0 Å². The van der Waals surface area contributed by atoms with E-state index in [0.29, 0.717) is 0 Å². The Kier molecular flexibility index (Phi) is 3.76. The Balaban J connectivity index is 1.96. The summed E-state index contributed by atoms with van der Waals surface area (Å²) in [4.78, 5) is 11.0. The van der Waals surface area contributed by atoms with Gasteiger partial charge in [0.2, 0.25) is 0 Å². The van der Waals surface area contributed by atoms with Gasteiger partial charge >= 0.3 is 5.97 Å². The van der Waals surface area contributed by atoms with Crippen molar-refractivity contribution in [2.75, 3.05) is 13.7 Å². The zero-order valence-corrected chi connectivity index (χ0v) is 9.85. The number of methoxy groups -OCH3 is 1. The first-order valence-electron chi connectivity index (χ1n) is 5.75. The number of carboxylic acid groups (broad SMARTS) is 1. The van der Waals surface area contributed by atoms with Gasteiger partial charge in [0.05, 0.1) is 6.61 Å². The maximum absolute atomic E-state index is 11.0. The number of rotatable bonds is 5. The molecule has 2 N–H and O–H groups in total. The molecule has 0 saturated carbocycles. The van der Waals surface area contributed by atoms with Crippen LogP contribution in [-0.4, -0.2) is 36.9 Å². The first-order chi connectivity index (χ1) is 8.20. The quantitative estimate of drug-likeness (QED) is 0.794. The van der Waals surface area contributed by atoms with Crippen LogP contribution in [0.2, 0.25) is 0 Å². The molecule has 0 aliphatic heterocycles. The molecule has 17 heavy (non-hydrogen) atoms. The number of hydrogen-bond acceptors (Lipinski definition) is 3. The van der Waals surface area contributed by atoms with Crippen LogP contribution in [0.3, 0.4) is 0 Å². The van der Waals surface area contributed by atoms with Crippen LogP contribution < -0.4 is 5.32 Å². The minimum absolute atomic E-state index is 0.197. The van der Waals surface area contributed by atoms with Gasteiger partial charge in [0.1, 0.15) is 6.04 Å². The van der Waals surface area contributed by atoms with Crippen LogP contribution in [0.4, 0.5) is 0 Å². The summed E-state index contributed by atoms with van der Waals surface area (Å²) in [5, 5.41) is 12.2. The van der Waals surface area contributed by atoms with E-state index in [-0.39, 0.29) is 12.6 Å². The minimum atomic E-state index is -0.859. The number of carboxylic acids is 1. The van der Waals surface area contributed by atoms with E-state index in [2.05, 4.69) is 17.4 Å². The summed E-state index contributed by atoms with van der Waals surface area (Å²) in [6.45, 7) is 0.197. The van der Waals surface area contributed by atoms with E-state index in [9.17, 15) is 4.79 Å². The van der Waals surface area contributed by atoms with Crippen molar-refractivity contribution in [1.82, 2.24) is 5.32 Å². The molecular weight excluding hydrogens is 218 g/mol. The lowest BCUT2D eigenvalue weighted by atomic mass is 10.1. The van der Waals surface area contributed by atoms with Crippen LogP contribution in [0.5, 0.6) is 0 Å². The van der Waals surface area contributed by atoms with E-state index < -0.39 is 12.0 Å². The van der Waals surface area contributed by atoms with Gasteiger partial charge in [0, 0.05) is 13.2 Å². The topological polar surface area (TPSA) is 58.6 Å². The first kappa shape index (κ1) is 12.1. The van der Waals surface area contributed by atoms with Gasteiger partial charge in [-0.1, -0.05) is 24.3 Å². The van der Waals surface area contributed by atoms with Crippen molar-refractivity contribution >= 4 is 5.97 Å². The maximum Gasteiger partial charge on any atom is 0.323 e. The predicted molar refractivity (Wildman–Crippen MR) is 64.1 cm³/mol. The fraction of sp³-hybridized carbons (Fsp3) is 0.462. The second-order valence-corrected chi connectivity index (χ2v) is 4.39. The molecule has 4 nitrogen and oxygen atoms in total. The van der Waals surface area contributed by atoms with Crippen LogP contribution in [0.25, 0.3) is 0 Å². The Labute approximate surface area is 101 Å². The second kappa shape index (κ2) is 5.29. The van der Waals surface area contributed by atoms with Crippen molar-refractivity contribution in [1.29, 1.82) is 0 Å². The average molecular weight is 235 g/mol. The number of benzene rings is 1. The molecule has 0 aromatic heterocycles. The van der Waals surface area contributed by atoms with E-state index >= 15 is 0 Å². The molecule has 0 spiro atoms. The summed E-state index contributed by atoms with van der Waals surface area (Å²) in [6, 6.07) is 7.81. The highest BCUT2D eigenvalue weighted by Gasteiger charge is 2.26. The monoisotopic (exact) mass is 235 g/mol. The highest BCUT2D eigenvalue weighted by atomic mass is 16.5. The van der Waals surface area contributed by atoms with Crippen LogP contribution in [0.1, 0.15) is 11.1 Å². The third-order valence-electron chi connectivity index (χ3n) is 3.12. The summed E-state index contributed by atoms with van der Waals surface area (Å²) in [6.07, 6.45) is 1.79. The molecule has 92 valence electrons. The summed E-state index contributed by atoms with van der Waals surface area (Å²) >= 11 is 0. The fourth-order valence-corrected chi connectivity index (χ4v) is 2.32. The Hall–Kier alpha value is -1.39. The van der Waals surface area contributed by atoms with Gasteiger partial charge in [0.15, 0.2) is 0 Å². The molecule has 0 radical (unpaired) electrons. The van der Waals surface area contributed by atoms with Crippen molar-refractivity contribution in [3.63, 3.8) is 0 Å². The van der Waals surface area contributed by atoms with Gasteiger partial charge in [-0.05, 0) is 24.0 Å². The van der Waals surface area contributed by atoms with Crippen molar-refractivity contribution in [3.05, 3.63) is 35.4 Å². The standard InChI is InChI=1S/C13H17NO3/c1-17-8-12(13(15)16)14-11-6-9-4-2-3-5-10(9)7-11/h2-5,11-12,14H,6-8H2,1H3,(H,15,16). The normalized spacial score (nSPS) is 16.8. The van der Waals surface area contributed by atoms with Gasteiger partial charge in [-0.25, -0.2) is 0 Å². The second-order valence-electron chi connectivity index (χ2n) is 4.39. The van der Waals surface area contributed by atoms with Crippen molar-refractivity contribution in [2.45, 2.75) is 24.9 Å². The number of carbonyl (C=O) groups is 1. The molecule has 0 heterocycles.